The smallest absolute Gasteiger partial charge is 0.250 e. The van der Waals surface area contributed by atoms with E-state index in [0.29, 0.717) is 6.04 Å². The lowest BCUT2D eigenvalue weighted by Crippen LogP contribution is -2.36. The Labute approximate surface area is 111 Å². The molecule has 0 aromatic carbocycles. The summed E-state index contributed by atoms with van der Waals surface area (Å²) in [6, 6.07) is 5.73. The number of pyridine rings is 2. The first-order valence-corrected chi connectivity index (χ1v) is 6.65. The topological polar surface area (TPSA) is 61.0 Å². The molecule has 0 spiro atoms. The van der Waals surface area contributed by atoms with E-state index in [9.17, 15) is 4.79 Å². The number of anilines is 1. The molecule has 5 nitrogen and oxygen atoms in total. The lowest BCUT2D eigenvalue weighted by Gasteiger charge is -2.30. The van der Waals surface area contributed by atoms with Gasteiger partial charge in [0.15, 0.2) is 0 Å². The van der Waals surface area contributed by atoms with E-state index in [1.807, 2.05) is 12.1 Å². The number of likely N-dealkylation sites (tertiary alicyclic amines) is 1. The first-order chi connectivity index (χ1) is 9.22. The lowest BCUT2D eigenvalue weighted by atomic mass is 10.1. The maximum absolute atomic E-state index is 11.7. The molecule has 1 aliphatic heterocycles. The third-order valence-electron chi connectivity index (χ3n) is 3.67. The summed E-state index contributed by atoms with van der Waals surface area (Å²) in [6.45, 7) is 2.18. The summed E-state index contributed by atoms with van der Waals surface area (Å²) in [7, 11) is 2.14. The normalized spacial score (nSPS) is 17.7. The van der Waals surface area contributed by atoms with Crippen LogP contribution in [0.5, 0.6) is 0 Å². The average molecular weight is 258 g/mol. The molecule has 0 unspecified atom stereocenters. The Kier molecular flexibility index (Phi) is 3.21. The molecule has 19 heavy (non-hydrogen) atoms. The Morgan fingerprint density at radius 3 is 3.00 bits per heavy atom. The van der Waals surface area contributed by atoms with Crippen molar-refractivity contribution < 1.29 is 0 Å². The van der Waals surface area contributed by atoms with E-state index in [4.69, 9.17) is 0 Å². The minimum Gasteiger partial charge on any atom is -0.380 e. The van der Waals surface area contributed by atoms with Crippen LogP contribution in [0.15, 0.2) is 29.2 Å². The number of fused-ring (bicyclic) bond motifs is 1. The van der Waals surface area contributed by atoms with Gasteiger partial charge < -0.3 is 15.2 Å². The Bertz CT molecular complexity index is 629. The summed E-state index contributed by atoms with van der Waals surface area (Å²) in [5.41, 5.74) is 2.37. The SMILES string of the molecule is CN1CCC(Nc2cc(=O)[nH]c3cccnc23)CC1. The van der Waals surface area contributed by atoms with Gasteiger partial charge in [0, 0.05) is 18.3 Å². The molecule has 3 heterocycles. The first-order valence-electron chi connectivity index (χ1n) is 6.65. The molecular weight excluding hydrogens is 240 g/mol. The summed E-state index contributed by atoms with van der Waals surface area (Å²) in [5.74, 6) is 0. The summed E-state index contributed by atoms with van der Waals surface area (Å²) >= 11 is 0. The average Bonchev–Trinajstić information content (AvgIpc) is 2.41. The number of rotatable bonds is 2. The molecule has 0 atom stereocenters. The number of H-pyrrole nitrogens is 1. The maximum Gasteiger partial charge on any atom is 0.250 e. The molecule has 0 aliphatic carbocycles. The van der Waals surface area contributed by atoms with Crippen molar-refractivity contribution in [2.45, 2.75) is 18.9 Å². The van der Waals surface area contributed by atoms with E-state index in [1.165, 1.54) is 0 Å². The van der Waals surface area contributed by atoms with Crippen LogP contribution in [0, 0.1) is 0 Å². The third kappa shape index (κ3) is 2.61. The summed E-state index contributed by atoms with van der Waals surface area (Å²) < 4.78 is 0. The molecule has 2 aromatic heterocycles. The van der Waals surface area contributed by atoms with Gasteiger partial charge in [-0.1, -0.05) is 0 Å². The van der Waals surface area contributed by atoms with Gasteiger partial charge in [-0.2, -0.15) is 0 Å². The highest BCUT2D eigenvalue weighted by molar-refractivity contribution is 5.86. The van der Waals surface area contributed by atoms with Gasteiger partial charge in [-0.15, -0.1) is 0 Å². The van der Waals surface area contributed by atoms with E-state index in [-0.39, 0.29) is 5.56 Å². The number of aromatic amines is 1. The molecule has 1 fully saturated rings. The van der Waals surface area contributed by atoms with E-state index in [1.54, 1.807) is 12.3 Å². The predicted octanol–water partition coefficient (Wildman–Crippen LogP) is 1.43. The molecule has 0 radical (unpaired) electrons. The lowest BCUT2D eigenvalue weighted by molar-refractivity contribution is 0.264. The fraction of sp³-hybridized carbons (Fsp3) is 0.429. The van der Waals surface area contributed by atoms with Gasteiger partial charge >= 0.3 is 0 Å². The second-order valence-electron chi connectivity index (χ2n) is 5.17. The van der Waals surface area contributed by atoms with Crippen LogP contribution in [0.4, 0.5) is 5.69 Å². The van der Waals surface area contributed by atoms with Crippen LogP contribution in [0.25, 0.3) is 11.0 Å². The number of nitrogens with one attached hydrogen (secondary N) is 2. The Morgan fingerprint density at radius 1 is 1.42 bits per heavy atom. The van der Waals surface area contributed by atoms with Gasteiger partial charge in [-0.25, -0.2) is 0 Å². The van der Waals surface area contributed by atoms with Crippen molar-refractivity contribution in [2.24, 2.45) is 0 Å². The van der Waals surface area contributed by atoms with Crippen LogP contribution in [0.2, 0.25) is 0 Å². The molecular formula is C14H18N4O. The highest BCUT2D eigenvalue weighted by atomic mass is 16.1. The zero-order valence-corrected chi connectivity index (χ0v) is 11.0. The second-order valence-corrected chi connectivity index (χ2v) is 5.17. The van der Waals surface area contributed by atoms with Crippen molar-refractivity contribution in [2.75, 3.05) is 25.5 Å². The molecule has 0 bridgehead atoms. The molecule has 2 aromatic rings. The number of nitrogens with zero attached hydrogens (tertiary/aromatic N) is 2. The Balaban J connectivity index is 1.90. The second kappa shape index (κ2) is 5.01. The van der Waals surface area contributed by atoms with E-state index < -0.39 is 0 Å². The standard InChI is InChI=1S/C14H18N4O/c1-18-7-4-10(5-8-18)16-12-9-13(19)17-11-3-2-6-15-14(11)12/h2-3,6,9-10H,4-5,7-8H2,1H3,(H2,16,17,19). The number of hydrogen-bond donors (Lipinski definition) is 2. The number of hydrogen-bond acceptors (Lipinski definition) is 4. The van der Waals surface area contributed by atoms with Gasteiger partial charge in [-0.05, 0) is 45.1 Å². The predicted molar refractivity (Wildman–Crippen MR) is 76.5 cm³/mol. The van der Waals surface area contributed by atoms with Gasteiger partial charge in [0.25, 0.3) is 5.56 Å². The zero-order valence-electron chi connectivity index (χ0n) is 11.0. The van der Waals surface area contributed by atoms with Crippen molar-refractivity contribution in [3.05, 3.63) is 34.7 Å². The van der Waals surface area contributed by atoms with Crippen LogP contribution >= 0.6 is 0 Å². The molecule has 2 N–H and O–H groups in total. The molecule has 0 saturated carbocycles. The van der Waals surface area contributed by atoms with E-state index in [0.717, 1.165) is 42.7 Å². The van der Waals surface area contributed by atoms with Crippen LogP contribution in [0.3, 0.4) is 0 Å². The Hall–Kier alpha value is -1.88. The Morgan fingerprint density at radius 2 is 2.21 bits per heavy atom. The number of aromatic nitrogens is 2. The van der Waals surface area contributed by atoms with Gasteiger partial charge in [0.1, 0.15) is 5.52 Å². The summed E-state index contributed by atoms with van der Waals surface area (Å²) in [6.07, 6.45) is 3.94. The van der Waals surface area contributed by atoms with Gasteiger partial charge in [-0.3, -0.25) is 9.78 Å². The van der Waals surface area contributed by atoms with Crippen LogP contribution < -0.4 is 10.9 Å². The minimum absolute atomic E-state index is 0.0871. The largest absolute Gasteiger partial charge is 0.380 e. The van der Waals surface area contributed by atoms with Gasteiger partial charge in [0.05, 0.1) is 11.2 Å². The fourth-order valence-corrected chi connectivity index (χ4v) is 2.57. The van der Waals surface area contributed by atoms with Gasteiger partial charge in [0.2, 0.25) is 0 Å². The molecule has 0 amide bonds. The molecule has 3 rings (SSSR count). The van der Waals surface area contributed by atoms with E-state index >= 15 is 0 Å². The molecule has 1 aliphatic rings. The van der Waals surface area contributed by atoms with Crippen molar-refractivity contribution in [1.29, 1.82) is 0 Å². The fourth-order valence-electron chi connectivity index (χ4n) is 2.57. The highest BCUT2D eigenvalue weighted by Gasteiger charge is 2.17. The van der Waals surface area contributed by atoms with Crippen LogP contribution in [0.1, 0.15) is 12.8 Å². The van der Waals surface area contributed by atoms with Crippen molar-refractivity contribution >= 4 is 16.7 Å². The summed E-state index contributed by atoms with van der Waals surface area (Å²) in [5, 5.41) is 3.48. The molecule has 1 saturated heterocycles. The van der Waals surface area contributed by atoms with E-state index in [2.05, 4.69) is 27.2 Å². The summed E-state index contributed by atoms with van der Waals surface area (Å²) in [4.78, 5) is 21.2. The third-order valence-corrected chi connectivity index (χ3v) is 3.67. The van der Waals surface area contributed by atoms with Crippen molar-refractivity contribution in [1.82, 2.24) is 14.9 Å². The highest BCUT2D eigenvalue weighted by Crippen LogP contribution is 2.20. The van der Waals surface area contributed by atoms with Crippen LogP contribution in [-0.2, 0) is 0 Å². The zero-order chi connectivity index (χ0) is 13.2. The molecule has 5 heteroatoms. The van der Waals surface area contributed by atoms with Crippen molar-refractivity contribution in [3.63, 3.8) is 0 Å². The first kappa shape index (κ1) is 12.2. The quantitative estimate of drug-likeness (QED) is 0.855. The number of piperidine rings is 1. The molecule has 100 valence electrons. The van der Waals surface area contributed by atoms with Crippen molar-refractivity contribution in [3.8, 4) is 0 Å². The van der Waals surface area contributed by atoms with Crippen LogP contribution in [-0.4, -0.2) is 41.0 Å². The maximum atomic E-state index is 11.7. The monoisotopic (exact) mass is 258 g/mol. The minimum atomic E-state index is -0.0871.